The molecule has 7 heteroatoms. The lowest BCUT2D eigenvalue weighted by molar-refractivity contribution is -0.0308. The van der Waals surface area contributed by atoms with Crippen LogP contribution in [0, 0.1) is 34.1 Å². The van der Waals surface area contributed by atoms with Crippen LogP contribution in [0.5, 0.6) is 0 Å². The largest absolute Gasteiger partial charge is 0.315 e. The van der Waals surface area contributed by atoms with Gasteiger partial charge in [-0.3, -0.25) is 4.90 Å². The van der Waals surface area contributed by atoms with E-state index in [1.54, 1.807) is 11.1 Å². The van der Waals surface area contributed by atoms with Crippen LogP contribution in [-0.4, -0.2) is 48.4 Å². The average Bonchev–Trinajstić information content (AvgIpc) is 2.26. The van der Waals surface area contributed by atoms with Crippen molar-refractivity contribution in [3.05, 3.63) is 0 Å². The quantitative estimate of drug-likeness (QED) is 0.295. The Bertz CT molecular complexity index is 324. The van der Waals surface area contributed by atoms with Crippen LogP contribution >= 0.6 is 0 Å². The molecule has 84 valence electrons. The molecule has 1 saturated heterocycles. The number of rotatable bonds is 3. The van der Waals surface area contributed by atoms with Gasteiger partial charge in [0.25, 0.3) is 0 Å². The molecule has 1 N–H and O–H groups in total. The third-order valence-electron chi connectivity index (χ3n) is 2.34. The number of alkyl halides is 1. The smallest absolute Gasteiger partial charge is 0.177 e. The Morgan fingerprint density at radius 2 is 1.94 bits per heavy atom. The van der Waals surface area contributed by atoms with Gasteiger partial charge in [-0.25, -0.2) is 9.29 Å². The van der Waals surface area contributed by atoms with Gasteiger partial charge in [-0.1, -0.05) is 0 Å². The molecule has 0 aromatic heterocycles. The van der Waals surface area contributed by atoms with E-state index in [4.69, 9.17) is 15.8 Å². The van der Waals surface area contributed by atoms with Crippen molar-refractivity contribution in [2.45, 2.75) is 12.3 Å². The lowest BCUT2D eigenvalue weighted by Gasteiger charge is -2.40. The Morgan fingerprint density at radius 3 is 2.50 bits per heavy atom. The summed E-state index contributed by atoms with van der Waals surface area (Å²) in [6.07, 6.45) is 0.304. The van der Waals surface area contributed by atoms with Crippen LogP contribution in [0.3, 0.4) is 0 Å². The second kappa shape index (κ2) is 5.87. The van der Waals surface area contributed by atoms with Gasteiger partial charge in [0.2, 0.25) is 0 Å². The highest BCUT2D eigenvalue weighted by Gasteiger charge is 2.34. The van der Waals surface area contributed by atoms with E-state index < -0.39 is 12.3 Å². The highest BCUT2D eigenvalue weighted by molar-refractivity contribution is 4.94. The van der Waals surface area contributed by atoms with Crippen LogP contribution in [-0.2, 0) is 0 Å². The molecule has 0 saturated carbocycles. The molecule has 0 amide bonds. The molecule has 1 rings (SSSR count). The maximum absolute atomic E-state index is 13.8. The van der Waals surface area contributed by atoms with Gasteiger partial charge in [-0.2, -0.15) is 15.8 Å². The Kier molecular flexibility index (Phi) is 4.47. The zero-order chi connectivity index (χ0) is 12.0. The number of nitrogens with one attached hydrogen (secondary N) is 1. The van der Waals surface area contributed by atoms with Crippen LogP contribution in [0.15, 0.2) is 0 Å². The van der Waals surface area contributed by atoms with Gasteiger partial charge in [0.1, 0.15) is 0 Å². The van der Waals surface area contributed by atoms with Crippen LogP contribution in [0.1, 0.15) is 0 Å². The van der Waals surface area contributed by atoms with Crippen molar-refractivity contribution in [1.82, 2.24) is 15.1 Å². The summed E-state index contributed by atoms with van der Waals surface area (Å²) in [5.74, 6) is 0. The molecule has 2 atom stereocenters. The molecule has 0 aromatic carbocycles. The van der Waals surface area contributed by atoms with Crippen molar-refractivity contribution in [1.29, 1.82) is 15.8 Å². The molecule has 0 aromatic rings. The Morgan fingerprint density at radius 1 is 1.25 bits per heavy atom. The fraction of sp³-hybridized carbons (Fsp3) is 0.667. The molecule has 0 radical (unpaired) electrons. The fourth-order valence-corrected chi connectivity index (χ4v) is 1.65. The van der Waals surface area contributed by atoms with E-state index in [2.05, 4.69) is 5.32 Å². The number of nitrogens with zero attached hydrogens (tertiary/aromatic N) is 5. The van der Waals surface area contributed by atoms with E-state index in [1.165, 1.54) is 4.90 Å². The summed E-state index contributed by atoms with van der Waals surface area (Å²) >= 11 is 0. The summed E-state index contributed by atoms with van der Waals surface area (Å²) in [6, 6.07) is 3.13. The van der Waals surface area contributed by atoms with E-state index in [0.29, 0.717) is 0 Å². The van der Waals surface area contributed by atoms with Gasteiger partial charge in [-0.05, 0) is 0 Å². The third kappa shape index (κ3) is 2.80. The highest BCUT2D eigenvalue weighted by Crippen LogP contribution is 2.14. The summed E-state index contributed by atoms with van der Waals surface area (Å²) in [4.78, 5) is 2.97. The number of nitriles is 3. The van der Waals surface area contributed by atoms with Crippen LogP contribution < -0.4 is 5.32 Å². The van der Waals surface area contributed by atoms with E-state index in [-0.39, 0.29) is 26.3 Å². The van der Waals surface area contributed by atoms with Crippen molar-refractivity contribution < 1.29 is 4.39 Å². The lowest BCUT2D eigenvalue weighted by atomic mass is 10.2. The maximum atomic E-state index is 13.8. The molecular formula is C9H11FN6. The Hall–Kier alpha value is -1.88. The molecule has 16 heavy (non-hydrogen) atoms. The number of hydrogen-bond donors (Lipinski definition) is 1. The van der Waals surface area contributed by atoms with E-state index in [0.717, 1.165) is 0 Å². The molecule has 1 aliphatic heterocycles. The SMILES string of the molecule is N#CCN1CC(NC#N)C(F)N(CC#N)C1. The van der Waals surface area contributed by atoms with Crippen LogP contribution in [0.4, 0.5) is 4.39 Å². The standard InChI is InChI=1S/C9H11FN6/c10-9-8(14-6-13)5-15(3-1-11)7-16(9)4-2-12/h8-9,14H,3-5,7H2. The molecule has 6 nitrogen and oxygen atoms in total. The molecule has 0 bridgehead atoms. The molecule has 1 heterocycles. The third-order valence-corrected chi connectivity index (χ3v) is 2.34. The molecule has 0 aliphatic carbocycles. The van der Waals surface area contributed by atoms with Crippen molar-refractivity contribution >= 4 is 0 Å². The monoisotopic (exact) mass is 222 g/mol. The summed E-state index contributed by atoms with van der Waals surface area (Å²) in [5, 5.41) is 27.9. The lowest BCUT2D eigenvalue weighted by Crippen LogP contribution is -2.60. The van der Waals surface area contributed by atoms with E-state index in [9.17, 15) is 4.39 Å². The molecular weight excluding hydrogens is 211 g/mol. The minimum absolute atomic E-state index is 0.0628. The first kappa shape index (κ1) is 12.2. The van der Waals surface area contributed by atoms with Gasteiger partial charge in [0, 0.05) is 6.54 Å². The summed E-state index contributed by atoms with van der Waals surface area (Å²) in [7, 11) is 0. The second-order valence-corrected chi connectivity index (χ2v) is 3.45. The minimum atomic E-state index is -1.38. The van der Waals surface area contributed by atoms with Crippen LogP contribution in [0.2, 0.25) is 0 Å². The Labute approximate surface area is 93.1 Å². The van der Waals surface area contributed by atoms with E-state index >= 15 is 0 Å². The van der Waals surface area contributed by atoms with Gasteiger partial charge < -0.3 is 5.32 Å². The summed E-state index contributed by atoms with van der Waals surface area (Å²) in [5.41, 5.74) is 0. The first-order valence-electron chi connectivity index (χ1n) is 4.72. The van der Waals surface area contributed by atoms with Crippen molar-refractivity contribution in [2.75, 3.05) is 26.3 Å². The topological polar surface area (TPSA) is 89.9 Å². The van der Waals surface area contributed by atoms with Crippen LogP contribution in [0.25, 0.3) is 0 Å². The first-order valence-corrected chi connectivity index (χ1v) is 4.72. The predicted molar refractivity (Wildman–Crippen MR) is 51.8 cm³/mol. The predicted octanol–water partition coefficient (Wildman–Crippen LogP) is -0.656. The average molecular weight is 222 g/mol. The van der Waals surface area contributed by atoms with Gasteiger partial charge in [0.15, 0.2) is 12.5 Å². The number of hydrogen-bond acceptors (Lipinski definition) is 6. The molecule has 0 spiro atoms. The maximum Gasteiger partial charge on any atom is 0.177 e. The molecule has 1 aliphatic rings. The second-order valence-electron chi connectivity index (χ2n) is 3.45. The van der Waals surface area contributed by atoms with Crippen molar-refractivity contribution in [3.8, 4) is 18.3 Å². The van der Waals surface area contributed by atoms with Crippen molar-refractivity contribution in [2.24, 2.45) is 0 Å². The fourth-order valence-electron chi connectivity index (χ4n) is 1.65. The highest BCUT2D eigenvalue weighted by atomic mass is 19.1. The molecule has 2 unspecified atom stereocenters. The number of halogens is 1. The normalized spacial score (nSPS) is 26.4. The van der Waals surface area contributed by atoms with E-state index in [1.807, 2.05) is 12.1 Å². The molecule has 1 fully saturated rings. The van der Waals surface area contributed by atoms with Crippen molar-refractivity contribution in [3.63, 3.8) is 0 Å². The van der Waals surface area contributed by atoms with Gasteiger partial charge in [-0.15, -0.1) is 0 Å². The zero-order valence-corrected chi connectivity index (χ0v) is 8.60. The van der Waals surface area contributed by atoms with Gasteiger partial charge >= 0.3 is 0 Å². The summed E-state index contributed by atoms with van der Waals surface area (Å²) < 4.78 is 13.8. The zero-order valence-electron chi connectivity index (χ0n) is 8.60. The first-order chi connectivity index (χ1) is 7.72. The Balaban J connectivity index is 2.69. The summed E-state index contributed by atoms with van der Waals surface area (Å²) in [6.45, 7) is 0.598. The van der Waals surface area contributed by atoms with Gasteiger partial charge in [0.05, 0.1) is 37.9 Å². The minimum Gasteiger partial charge on any atom is -0.315 e.